The summed E-state index contributed by atoms with van der Waals surface area (Å²) >= 11 is 3.28. The molecule has 162 valence electrons. The standard InChI is InChI=1S/C20H22BrF3N4O2/c1-19(2)7-4-8-28(16(19)12-27-18-25-10-14(21)11-26-18)17(29)13-5-3-6-15(9-13)30-20(22,23)24/h3,5-6,9-11,16H,4,7-8,12H2,1-2H3,(H,25,26,27). The first-order valence-electron chi connectivity index (χ1n) is 9.43. The number of piperidine rings is 1. The van der Waals surface area contributed by atoms with Gasteiger partial charge in [-0.3, -0.25) is 4.79 Å². The number of benzene rings is 1. The number of carbonyl (C=O) groups is 1. The van der Waals surface area contributed by atoms with Gasteiger partial charge in [0.15, 0.2) is 0 Å². The minimum Gasteiger partial charge on any atom is -0.406 e. The molecule has 1 unspecified atom stereocenters. The number of nitrogens with zero attached hydrogens (tertiary/aromatic N) is 3. The van der Waals surface area contributed by atoms with E-state index < -0.39 is 12.1 Å². The van der Waals surface area contributed by atoms with Gasteiger partial charge in [0, 0.05) is 31.0 Å². The number of aromatic nitrogens is 2. The zero-order valence-corrected chi connectivity index (χ0v) is 18.1. The van der Waals surface area contributed by atoms with E-state index in [1.807, 2.05) is 0 Å². The quantitative estimate of drug-likeness (QED) is 0.652. The number of amides is 1. The van der Waals surface area contributed by atoms with Crippen molar-refractivity contribution in [2.75, 3.05) is 18.4 Å². The molecule has 0 spiro atoms. The third-order valence-electron chi connectivity index (χ3n) is 5.15. The summed E-state index contributed by atoms with van der Waals surface area (Å²) in [6.07, 6.45) is 0.156. The van der Waals surface area contributed by atoms with Gasteiger partial charge in [0.1, 0.15) is 5.75 Å². The molecule has 1 amide bonds. The maximum atomic E-state index is 13.2. The number of hydrogen-bond acceptors (Lipinski definition) is 5. The zero-order valence-electron chi connectivity index (χ0n) is 16.5. The molecule has 1 aromatic carbocycles. The van der Waals surface area contributed by atoms with Gasteiger partial charge in [0.2, 0.25) is 5.95 Å². The van der Waals surface area contributed by atoms with Crippen LogP contribution in [0.15, 0.2) is 41.1 Å². The van der Waals surface area contributed by atoms with Crippen molar-refractivity contribution >= 4 is 27.8 Å². The van der Waals surface area contributed by atoms with Crippen molar-refractivity contribution in [1.82, 2.24) is 14.9 Å². The van der Waals surface area contributed by atoms with Crippen molar-refractivity contribution in [2.24, 2.45) is 5.41 Å². The maximum Gasteiger partial charge on any atom is 0.573 e. The molecule has 2 heterocycles. The summed E-state index contributed by atoms with van der Waals surface area (Å²) in [4.78, 5) is 23.3. The molecule has 30 heavy (non-hydrogen) atoms. The molecule has 1 aliphatic rings. The largest absolute Gasteiger partial charge is 0.573 e. The fraction of sp³-hybridized carbons (Fsp3) is 0.450. The minimum absolute atomic E-state index is 0.152. The number of ether oxygens (including phenoxy) is 1. The van der Waals surface area contributed by atoms with E-state index in [1.54, 1.807) is 17.3 Å². The summed E-state index contributed by atoms with van der Waals surface area (Å²) in [5, 5.41) is 3.17. The monoisotopic (exact) mass is 486 g/mol. The van der Waals surface area contributed by atoms with E-state index in [4.69, 9.17) is 0 Å². The number of alkyl halides is 3. The molecule has 0 aliphatic carbocycles. The third-order valence-corrected chi connectivity index (χ3v) is 5.56. The van der Waals surface area contributed by atoms with Crippen molar-refractivity contribution in [1.29, 1.82) is 0 Å². The van der Waals surface area contributed by atoms with Gasteiger partial charge >= 0.3 is 6.36 Å². The summed E-state index contributed by atoms with van der Waals surface area (Å²) in [5.74, 6) is -0.311. The normalized spacial score (nSPS) is 18.7. The number of likely N-dealkylation sites (tertiary alicyclic amines) is 1. The zero-order chi connectivity index (χ0) is 21.9. The molecule has 1 fully saturated rings. The van der Waals surface area contributed by atoms with Gasteiger partial charge in [-0.05, 0) is 52.4 Å². The summed E-state index contributed by atoms with van der Waals surface area (Å²) in [7, 11) is 0. The molecule has 1 aromatic heterocycles. The Morgan fingerprint density at radius 2 is 2.03 bits per heavy atom. The first kappa shape index (κ1) is 22.3. The predicted octanol–water partition coefficient (Wildman–Crippen LogP) is 4.88. The van der Waals surface area contributed by atoms with Crippen molar-refractivity contribution in [2.45, 2.75) is 39.1 Å². The molecular formula is C20H22BrF3N4O2. The lowest BCUT2D eigenvalue weighted by molar-refractivity contribution is -0.274. The average molecular weight is 487 g/mol. The maximum absolute atomic E-state index is 13.2. The second-order valence-electron chi connectivity index (χ2n) is 7.79. The molecule has 1 atom stereocenters. The van der Waals surface area contributed by atoms with Gasteiger partial charge in [-0.15, -0.1) is 13.2 Å². The van der Waals surface area contributed by atoms with E-state index in [9.17, 15) is 18.0 Å². The van der Waals surface area contributed by atoms with Gasteiger partial charge in [0.25, 0.3) is 5.91 Å². The van der Waals surface area contributed by atoms with Crippen LogP contribution in [-0.4, -0.2) is 46.3 Å². The lowest BCUT2D eigenvalue weighted by atomic mass is 9.76. The fourth-order valence-corrected chi connectivity index (χ4v) is 3.87. The number of hydrogen-bond donors (Lipinski definition) is 1. The lowest BCUT2D eigenvalue weighted by Gasteiger charge is -2.46. The SMILES string of the molecule is CC1(C)CCCN(C(=O)c2cccc(OC(F)(F)F)c2)C1CNc1ncc(Br)cn1. The number of carbonyl (C=O) groups excluding carboxylic acids is 1. The highest BCUT2D eigenvalue weighted by molar-refractivity contribution is 9.10. The van der Waals surface area contributed by atoms with Crippen LogP contribution in [0.1, 0.15) is 37.0 Å². The second-order valence-corrected chi connectivity index (χ2v) is 8.70. The molecular weight excluding hydrogens is 465 g/mol. The summed E-state index contributed by atoms with van der Waals surface area (Å²) in [6, 6.07) is 4.98. The molecule has 0 bridgehead atoms. The Hall–Kier alpha value is -2.36. The average Bonchev–Trinajstić information content (AvgIpc) is 2.66. The topological polar surface area (TPSA) is 67.3 Å². The first-order chi connectivity index (χ1) is 14.0. The number of halogens is 4. The van der Waals surface area contributed by atoms with E-state index in [-0.39, 0.29) is 22.9 Å². The Labute approximate surface area is 181 Å². The van der Waals surface area contributed by atoms with E-state index in [2.05, 4.69) is 49.8 Å². The van der Waals surface area contributed by atoms with E-state index >= 15 is 0 Å². The molecule has 1 saturated heterocycles. The summed E-state index contributed by atoms with van der Waals surface area (Å²) in [5.41, 5.74) is -0.0459. The van der Waals surface area contributed by atoms with Gasteiger partial charge < -0.3 is 15.0 Å². The van der Waals surface area contributed by atoms with Crippen LogP contribution in [0.25, 0.3) is 0 Å². The summed E-state index contributed by atoms with van der Waals surface area (Å²) < 4.78 is 42.3. The molecule has 6 nitrogen and oxygen atoms in total. The predicted molar refractivity (Wildman–Crippen MR) is 109 cm³/mol. The molecule has 0 saturated carbocycles. The molecule has 2 aromatic rings. The number of nitrogens with one attached hydrogen (secondary N) is 1. The number of rotatable bonds is 5. The van der Waals surface area contributed by atoms with Crippen molar-refractivity contribution in [3.05, 3.63) is 46.7 Å². The van der Waals surface area contributed by atoms with Gasteiger partial charge in [-0.2, -0.15) is 0 Å². The molecule has 10 heteroatoms. The Bertz CT molecular complexity index is 890. The molecule has 0 radical (unpaired) electrons. The van der Waals surface area contributed by atoms with Crippen molar-refractivity contribution in [3.63, 3.8) is 0 Å². The Kier molecular flexibility index (Phi) is 6.54. The van der Waals surface area contributed by atoms with Crippen LogP contribution in [0.3, 0.4) is 0 Å². The second kappa shape index (κ2) is 8.79. The van der Waals surface area contributed by atoms with Gasteiger partial charge in [-0.1, -0.05) is 19.9 Å². The minimum atomic E-state index is -4.81. The first-order valence-corrected chi connectivity index (χ1v) is 10.2. The van der Waals surface area contributed by atoms with Crippen molar-refractivity contribution in [3.8, 4) is 5.75 Å². The molecule has 1 N–H and O–H groups in total. The van der Waals surface area contributed by atoms with Crippen LogP contribution in [0.5, 0.6) is 5.75 Å². The van der Waals surface area contributed by atoms with Gasteiger partial charge in [0.05, 0.1) is 10.5 Å². The van der Waals surface area contributed by atoms with E-state index in [0.29, 0.717) is 19.0 Å². The Morgan fingerprint density at radius 1 is 1.33 bits per heavy atom. The van der Waals surface area contributed by atoms with Crippen LogP contribution in [0.4, 0.5) is 19.1 Å². The fourth-order valence-electron chi connectivity index (χ4n) is 3.66. The highest BCUT2D eigenvalue weighted by atomic mass is 79.9. The Balaban J connectivity index is 1.80. The Morgan fingerprint density at radius 3 is 2.70 bits per heavy atom. The smallest absolute Gasteiger partial charge is 0.406 e. The lowest BCUT2D eigenvalue weighted by Crippen LogP contribution is -2.55. The number of anilines is 1. The third kappa shape index (κ3) is 5.62. The van der Waals surface area contributed by atoms with Crippen LogP contribution < -0.4 is 10.1 Å². The van der Waals surface area contributed by atoms with E-state index in [0.717, 1.165) is 23.4 Å². The molecule has 1 aliphatic heterocycles. The van der Waals surface area contributed by atoms with Gasteiger partial charge in [-0.25, -0.2) is 9.97 Å². The van der Waals surface area contributed by atoms with Crippen LogP contribution in [0, 0.1) is 5.41 Å². The summed E-state index contributed by atoms with van der Waals surface area (Å²) in [6.45, 7) is 5.08. The highest BCUT2D eigenvalue weighted by Gasteiger charge is 2.40. The van der Waals surface area contributed by atoms with Crippen molar-refractivity contribution < 1.29 is 22.7 Å². The van der Waals surface area contributed by atoms with Crippen LogP contribution in [0.2, 0.25) is 0 Å². The van der Waals surface area contributed by atoms with E-state index in [1.165, 1.54) is 18.2 Å². The van der Waals surface area contributed by atoms with Crippen LogP contribution >= 0.6 is 15.9 Å². The highest BCUT2D eigenvalue weighted by Crippen LogP contribution is 2.36. The van der Waals surface area contributed by atoms with Crippen LogP contribution in [-0.2, 0) is 0 Å². The molecule has 3 rings (SSSR count).